The van der Waals surface area contributed by atoms with Gasteiger partial charge in [-0.05, 0) is 37.2 Å². The van der Waals surface area contributed by atoms with E-state index in [4.69, 9.17) is 16.3 Å². The second-order valence-corrected chi connectivity index (χ2v) is 9.78. The highest BCUT2D eigenvalue weighted by molar-refractivity contribution is 6.36. The van der Waals surface area contributed by atoms with E-state index in [0.29, 0.717) is 56.8 Å². The molecule has 9 nitrogen and oxygen atoms in total. The standard InChI is InChI=1S/C29H25ClF3N7O2/c1-15-17(18-8-5-9-19(25(18)30)21-14-35-22(13-34-2)27(38-21)42-4)7-6-10-20(15)37-26-24-16(12-36-40(3)28(24)41)11-23(39-26)29(31,32)33/h5-12,14,34H,13H2,1-4H3,(H,37,39). The van der Waals surface area contributed by atoms with Crippen molar-refractivity contribution in [1.82, 2.24) is 30.0 Å². The SMILES string of the molecule is CNCc1ncc(-c2cccc(-c3cccc(Nc4nc(C(F)(F)F)cc5cnn(C)c(=O)c45)c3C)c2Cl)nc1OC. The Balaban J connectivity index is 1.61. The van der Waals surface area contributed by atoms with Crippen molar-refractivity contribution in [2.75, 3.05) is 19.5 Å². The summed E-state index contributed by atoms with van der Waals surface area (Å²) < 4.78 is 47.5. The van der Waals surface area contributed by atoms with Crippen LogP contribution in [0, 0.1) is 6.92 Å². The van der Waals surface area contributed by atoms with E-state index in [1.807, 2.05) is 24.3 Å². The number of aromatic nitrogens is 5. The van der Waals surface area contributed by atoms with Crippen LogP contribution in [-0.2, 0) is 19.8 Å². The second kappa shape index (κ2) is 11.4. The molecule has 5 rings (SSSR count). The number of methoxy groups -OCH3 is 1. The number of aryl methyl sites for hydroxylation is 1. The van der Waals surface area contributed by atoms with Crippen molar-refractivity contribution in [3.8, 4) is 28.3 Å². The van der Waals surface area contributed by atoms with Gasteiger partial charge in [-0.1, -0.05) is 41.9 Å². The van der Waals surface area contributed by atoms with Crippen molar-refractivity contribution in [1.29, 1.82) is 0 Å². The smallest absolute Gasteiger partial charge is 0.433 e. The molecule has 0 amide bonds. The zero-order chi connectivity index (χ0) is 30.2. The van der Waals surface area contributed by atoms with Crippen molar-refractivity contribution in [2.24, 2.45) is 7.05 Å². The lowest BCUT2D eigenvalue weighted by molar-refractivity contribution is -0.140. The quantitative estimate of drug-likeness (QED) is 0.239. The molecule has 0 fully saturated rings. The van der Waals surface area contributed by atoms with Gasteiger partial charge in [-0.2, -0.15) is 18.3 Å². The Morgan fingerprint density at radius 1 is 1.05 bits per heavy atom. The molecule has 0 atom stereocenters. The molecule has 0 bridgehead atoms. The summed E-state index contributed by atoms with van der Waals surface area (Å²) in [4.78, 5) is 25.7. The molecule has 0 aliphatic carbocycles. The predicted octanol–water partition coefficient (Wildman–Crippen LogP) is 5.90. The molecule has 3 aromatic heterocycles. The fraction of sp³-hybridized carbons (Fsp3) is 0.207. The van der Waals surface area contributed by atoms with Gasteiger partial charge in [0.2, 0.25) is 5.88 Å². The second-order valence-electron chi connectivity index (χ2n) is 9.40. The van der Waals surface area contributed by atoms with Crippen LogP contribution in [0.1, 0.15) is 17.0 Å². The Morgan fingerprint density at radius 2 is 1.76 bits per heavy atom. The molecule has 0 radical (unpaired) electrons. The van der Waals surface area contributed by atoms with Gasteiger partial charge in [0.25, 0.3) is 5.56 Å². The molecule has 0 saturated carbocycles. The normalized spacial score (nSPS) is 11.6. The monoisotopic (exact) mass is 595 g/mol. The molecule has 0 unspecified atom stereocenters. The first kappa shape index (κ1) is 29.0. The van der Waals surface area contributed by atoms with Crippen LogP contribution in [0.25, 0.3) is 33.2 Å². The van der Waals surface area contributed by atoms with Crippen LogP contribution in [0.4, 0.5) is 24.7 Å². The molecular weight excluding hydrogens is 571 g/mol. The number of halogens is 4. The lowest BCUT2D eigenvalue weighted by atomic mass is 9.96. The highest BCUT2D eigenvalue weighted by atomic mass is 35.5. The van der Waals surface area contributed by atoms with Gasteiger partial charge in [0.15, 0.2) is 0 Å². The van der Waals surface area contributed by atoms with Gasteiger partial charge in [0.1, 0.15) is 17.2 Å². The largest absolute Gasteiger partial charge is 0.480 e. The number of pyridine rings is 1. The van der Waals surface area contributed by atoms with Gasteiger partial charge in [-0.25, -0.2) is 14.6 Å². The predicted molar refractivity (Wildman–Crippen MR) is 155 cm³/mol. The number of nitrogens with zero attached hydrogens (tertiary/aromatic N) is 5. The minimum atomic E-state index is -4.73. The first-order valence-corrected chi connectivity index (χ1v) is 13.1. The third kappa shape index (κ3) is 5.38. The van der Waals surface area contributed by atoms with Gasteiger partial charge in [-0.15, -0.1) is 0 Å². The number of nitrogens with one attached hydrogen (secondary N) is 2. The maximum atomic E-state index is 13.7. The van der Waals surface area contributed by atoms with Crippen LogP contribution < -0.4 is 20.9 Å². The van der Waals surface area contributed by atoms with E-state index in [1.165, 1.54) is 20.4 Å². The summed E-state index contributed by atoms with van der Waals surface area (Å²) in [5.74, 6) is 0.139. The summed E-state index contributed by atoms with van der Waals surface area (Å²) in [6.07, 6.45) is -1.91. The molecule has 2 N–H and O–H groups in total. The summed E-state index contributed by atoms with van der Waals surface area (Å²) in [7, 11) is 4.73. The zero-order valence-corrected chi connectivity index (χ0v) is 23.7. The molecular formula is C29H25ClF3N7O2. The van der Waals surface area contributed by atoms with Crippen molar-refractivity contribution in [3.05, 3.63) is 87.2 Å². The molecule has 42 heavy (non-hydrogen) atoms. The minimum absolute atomic E-state index is 0.0143. The summed E-state index contributed by atoms with van der Waals surface area (Å²) in [6.45, 7) is 2.27. The minimum Gasteiger partial charge on any atom is -0.480 e. The summed E-state index contributed by atoms with van der Waals surface area (Å²) in [5.41, 5.74) is 2.53. The number of hydrogen-bond donors (Lipinski definition) is 2. The topological polar surface area (TPSA) is 107 Å². The fourth-order valence-corrected chi connectivity index (χ4v) is 4.92. The Bertz CT molecular complexity index is 1880. The van der Waals surface area contributed by atoms with Crippen molar-refractivity contribution in [3.63, 3.8) is 0 Å². The van der Waals surface area contributed by atoms with Crippen molar-refractivity contribution in [2.45, 2.75) is 19.6 Å². The highest BCUT2D eigenvalue weighted by Gasteiger charge is 2.34. The van der Waals surface area contributed by atoms with Gasteiger partial charge in [0, 0.05) is 35.8 Å². The molecule has 0 aliphatic rings. The number of rotatable bonds is 7. The molecule has 2 aromatic carbocycles. The molecule has 216 valence electrons. The van der Waals surface area contributed by atoms with Crippen LogP contribution in [0.3, 0.4) is 0 Å². The van der Waals surface area contributed by atoms with E-state index in [-0.39, 0.29) is 16.6 Å². The lowest BCUT2D eigenvalue weighted by Crippen LogP contribution is -2.21. The van der Waals surface area contributed by atoms with Crippen LogP contribution in [0.15, 0.2) is 59.7 Å². The number of fused-ring (bicyclic) bond motifs is 1. The van der Waals surface area contributed by atoms with Crippen molar-refractivity contribution < 1.29 is 17.9 Å². The number of anilines is 2. The third-order valence-corrected chi connectivity index (χ3v) is 7.13. The first-order valence-electron chi connectivity index (χ1n) is 12.7. The summed E-state index contributed by atoms with van der Waals surface area (Å²) in [6, 6.07) is 11.5. The zero-order valence-electron chi connectivity index (χ0n) is 23.0. The highest BCUT2D eigenvalue weighted by Crippen LogP contribution is 2.40. The number of ether oxygens (including phenoxy) is 1. The fourth-order valence-electron chi connectivity index (χ4n) is 4.60. The summed E-state index contributed by atoms with van der Waals surface area (Å²) >= 11 is 6.92. The Hall–Kier alpha value is -4.55. The molecule has 3 heterocycles. The first-order chi connectivity index (χ1) is 20.0. The maximum absolute atomic E-state index is 13.7. The molecule has 5 aromatic rings. The lowest BCUT2D eigenvalue weighted by Gasteiger charge is -2.17. The number of benzene rings is 2. The Labute approximate surface area is 243 Å². The Kier molecular flexibility index (Phi) is 7.85. The van der Waals surface area contributed by atoms with Gasteiger partial charge in [-0.3, -0.25) is 9.78 Å². The summed E-state index contributed by atoms with van der Waals surface area (Å²) in [5, 5.41) is 10.3. The molecule has 13 heteroatoms. The third-order valence-electron chi connectivity index (χ3n) is 6.72. The number of hydrogen-bond acceptors (Lipinski definition) is 8. The van der Waals surface area contributed by atoms with E-state index in [9.17, 15) is 18.0 Å². The van der Waals surface area contributed by atoms with Crippen LogP contribution in [0.2, 0.25) is 5.02 Å². The van der Waals surface area contributed by atoms with Crippen molar-refractivity contribution >= 4 is 33.9 Å². The molecule has 0 aliphatic heterocycles. The van der Waals surface area contributed by atoms with Crippen LogP contribution in [0.5, 0.6) is 5.88 Å². The maximum Gasteiger partial charge on any atom is 0.433 e. The molecule has 0 saturated heterocycles. The average Bonchev–Trinajstić information content (AvgIpc) is 2.96. The van der Waals surface area contributed by atoms with Gasteiger partial charge < -0.3 is 15.4 Å². The van der Waals surface area contributed by atoms with E-state index in [0.717, 1.165) is 10.7 Å². The van der Waals surface area contributed by atoms with Crippen LogP contribution >= 0.6 is 11.6 Å². The number of alkyl halides is 3. The molecule has 0 spiro atoms. The Morgan fingerprint density at radius 3 is 2.48 bits per heavy atom. The van der Waals surface area contributed by atoms with E-state index < -0.39 is 17.4 Å². The van der Waals surface area contributed by atoms with Gasteiger partial charge in [0.05, 0.1) is 35.6 Å². The van der Waals surface area contributed by atoms with Gasteiger partial charge >= 0.3 is 6.18 Å². The van der Waals surface area contributed by atoms with E-state index >= 15 is 0 Å². The average molecular weight is 596 g/mol. The van der Waals surface area contributed by atoms with E-state index in [2.05, 4.69) is 30.7 Å². The van der Waals surface area contributed by atoms with Crippen LogP contribution in [-0.4, -0.2) is 38.9 Å². The van der Waals surface area contributed by atoms with E-state index in [1.54, 1.807) is 32.3 Å².